The molecule has 160 valence electrons. The van der Waals surface area contributed by atoms with Gasteiger partial charge in [0.15, 0.2) is 5.76 Å². The van der Waals surface area contributed by atoms with E-state index >= 15 is 0 Å². The number of aromatic nitrogens is 2. The van der Waals surface area contributed by atoms with Crippen molar-refractivity contribution in [2.24, 2.45) is 0 Å². The summed E-state index contributed by atoms with van der Waals surface area (Å²) in [5.74, 6) is -1.58. The summed E-state index contributed by atoms with van der Waals surface area (Å²) in [6.45, 7) is 2.61. The van der Waals surface area contributed by atoms with Gasteiger partial charge in [0.1, 0.15) is 17.1 Å². The van der Waals surface area contributed by atoms with E-state index in [0.29, 0.717) is 35.7 Å². The number of carbonyl (C=O) groups excluding carboxylic acids is 2. The Morgan fingerprint density at radius 2 is 1.84 bits per heavy atom. The molecule has 1 amide bonds. The highest BCUT2D eigenvalue weighted by Gasteiger charge is 2.46. The van der Waals surface area contributed by atoms with Crippen LogP contribution in [0, 0.1) is 6.92 Å². The van der Waals surface area contributed by atoms with Crippen molar-refractivity contribution in [3.63, 3.8) is 0 Å². The van der Waals surface area contributed by atoms with Crippen molar-refractivity contribution in [1.82, 2.24) is 19.2 Å². The second-order valence-electron chi connectivity index (χ2n) is 7.86. The number of imidazole rings is 1. The summed E-state index contributed by atoms with van der Waals surface area (Å²) in [6, 6.07) is 11.0. The fourth-order valence-electron chi connectivity index (χ4n) is 3.95. The molecule has 1 fully saturated rings. The Hall–Kier alpha value is -3.65. The lowest BCUT2D eigenvalue weighted by molar-refractivity contribution is -0.140. The van der Waals surface area contributed by atoms with Crippen LogP contribution in [0.5, 0.6) is 5.75 Å². The number of aliphatic hydroxyl groups is 1. The van der Waals surface area contributed by atoms with Gasteiger partial charge in [-0.1, -0.05) is 18.2 Å². The highest BCUT2D eigenvalue weighted by molar-refractivity contribution is 6.46. The van der Waals surface area contributed by atoms with Crippen LogP contribution in [0.3, 0.4) is 0 Å². The van der Waals surface area contributed by atoms with Crippen LogP contribution in [0.4, 0.5) is 0 Å². The van der Waals surface area contributed by atoms with E-state index in [1.165, 1.54) is 17.0 Å². The number of nitrogens with zero attached hydrogens (tertiary/aromatic N) is 4. The summed E-state index contributed by atoms with van der Waals surface area (Å²) in [6.07, 6.45) is 1.75. The fourth-order valence-corrected chi connectivity index (χ4v) is 3.95. The number of hydrogen-bond donors (Lipinski definition) is 2. The molecule has 3 heterocycles. The number of rotatable bonds is 5. The molecule has 0 spiro atoms. The number of likely N-dealkylation sites (N-methyl/N-ethyl adjacent to an activating group) is 1. The molecular formula is C23H24N4O4. The van der Waals surface area contributed by atoms with E-state index in [-0.39, 0.29) is 17.1 Å². The molecule has 0 aliphatic carbocycles. The number of phenols is 1. The second-order valence-corrected chi connectivity index (χ2v) is 7.86. The fraction of sp³-hybridized carbons (Fsp3) is 0.261. The van der Waals surface area contributed by atoms with Crippen molar-refractivity contribution < 1.29 is 19.8 Å². The molecule has 31 heavy (non-hydrogen) atoms. The lowest BCUT2D eigenvalue weighted by atomic mass is 9.96. The maximum atomic E-state index is 13.1. The van der Waals surface area contributed by atoms with Crippen molar-refractivity contribution in [3.8, 4) is 5.75 Å². The van der Waals surface area contributed by atoms with Crippen LogP contribution in [0.15, 0.2) is 54.2 Å². The van der Waals surface area contributed by atoms with Crippen molar-refractivity contribution in [1.29, 1.82) is 0 Å². The van der Waals surface area contributed by atoms with E-state index in [0.717, 1.165) is 0 Å². The standard InChI is InChI=1S/C23H24N4O4/c1-14-19(26-11-5-4-6-17(26)24-14)21(29)18-20(15-7-9-16(28)10-8-15)27(13-12-25(2)3)23(31)22(18)30/h4-11,20,28-29H,12-13H2,1-3H3. The summed E-state index contributed by atoms with van der Waals surface area (Å²) >= 11 is 0. The summed E-state index contributed by atoms with van der Waals surface area (Å²) < 4.78 is 1.70. The van der Waals surface area contributed by atoms with Crippen LogP contribution in [-0.4, -0.2) is 68.3 Å². The number of aryl methyl sites for hydroxylation is 1. The molecule has 8 nitrogen and oxygen atoms in total. The van der Waals surface area contributed by atoms with E-state index < -0.39 is 17.7 Å². The maximum absolute atomic E-state index is 13.1. The third kappa shape index (κ3) is 3.55. The Kier molecular flexibility index (Phi) is 5.24. The predicted octanol–water partition coefficient (Wildman–Crippen LogP) is 2.33. The topological polar surface area (TPSA) is 98.4 Å². The Bertz CT molecular complexity index is 1190. The van der Waals surface area contributed by atoms with E-state index in [9.17, 15) is 19.8 Å². The molecular weight excluding hydrogens is 396 g/mol. The van der Waals surface area contributed by atoms with Gasteiger partial charge in [-0.3, -0.25) is 14.0 Å². The molecule has 8 heteroatoms. The minimum Gasteiger partial charge on any atom is -0.508 e. The summed E-state index contributed by atoms with van der Waals surface area (Å²) in [5.41, 5.74) is 2.20. The van der Waals surface area contributed by atoms with Crippen LogP contribution in [0.25, 0.3) is 11.4 Å². The number of Topliss-reactive ketones (excluding diaryl/α,β-unsaturated/α-hetero) is 1. The first-order valence-electron chi connectivity index (χ1n) is 9.95. The third-order valence-electron chi connectivity index (χ3n) is 5.47. The van der Waals surface area contributed by atoms with Crippen molar-refractivity contribution in [3.05, 3.63) is 71.2 Å². The van der Waals surface area contributed by atoms with Gasteiger partial charge in [-0.05, 0) is 50.8 Å². The predicted molar refractivity (Wildman–Crippen MR) is 116 cm³/mol. The van der Waals surface area contributed by atoms with Crippen LogP contribution in [-0.2, 0) is 9.59 Å². The number of ketones is 1. The minimum absolute atomic E-state index is 0.0169. The van der Waals surface area contributed by atoms with Crippen LogP contribution in [0.1, 0.15) is 23.0 Å². The van der Waals surface area contributed by atoms with Gasteiger partial charge < -0.3 is 20.0 Å². The number of pyridine rings is 1. The number of carbonyl (C=O) groups is 2. The molecule has 2 N–H and O–H groups in total. The van der Waals surface area contributed by atoms with Crippen LogP contribution < -0.4 is 0 Å². The number of fused-ring (bicyclic) bond motifs is 1. The van der Waals surface area contributed by atoms with Gasteiger partial charge in [0, 0.05) is 19.3 Å². The molecule has 1 aliphatic rings. The van der Waals surface area contributed by atoms with Crippen LogP contribution >= 0.6 is 0 Å². The van der Waals surface area contributed by atoms with Gasteiger partial charge in [0.25, 0.3) is 11.7 Å². The van der Waals surface area contributed by atoms with Gasteiger partial charge in [-0.2, -0.15) is 0 Å². The van der Waals surface area contributed by atoms with Gasteiger partial charge >= 0.3 is 0 Å². The lowest BCUT2D eigenvalue weighted by Gasteiger charge is -2.26. The number of amides is 1. The third-order valence-corrected chi connectivity index (χ3v) is 5.47. The zero-order valence-electron chi connectivity index (χ0n) is 17.6. The Morgan fingerprint density at radius 1 is 1.13 bits per heavy atom. The van der Waals surface area contributed by atoms with Gasteiger partial charge in [0.05, 0.1) is 17.3 Å². The van der Waals surface area contributed by atoms with Crippen LogP contribution in [0.2, 0.25) is 0 Å². The summed E-state index contributed by atoms with van der Waals surface area (Å²) in [5, 5.41) is 21.0. The van der Waals surface area contributed by atoms with Crippen molar-refractivity contribution in [2.45, 2.75) is 13.0 Å². The number of phenolic OH excluding ortho intramolecular Hbond substituents is 1. The minimum atomic E-state index is -0.769. The maximum Gasteiger partial charge on any atom is 0.295 e. The second kappa shape index (κ2) is 7.88. The van der Waals surface area contributed by atoms with E-state index in [1.807, 2.05) is 25.1 Å². The first-order valence-corrected chi connectivity index (χ1v) is 9.95. The molecule has 1 atom stereocenters. The molecule has 0 saturated carbocycles. The highest BCUT2D eigenvalue weighted by Crippen LogP contribution is 2.40. The number of likely N-dealkylation sites (tertiary alicyclic amines) is 1. The smallest absolute Gasteiger partial charge is 0.295 e. The molecule has 1 unspecified atom stereocenters. The SMILES string of the molecule is Cc1nc2ccccn2c1C(O)=C1C(=O)C(=O)N(CCN(C)C)C1c1ccc(O)cc1. The van der Waals surface area contributed by atoms with Gasteiger partial charge in [-0.25, -0.2) is 4.98 Å². The van der Waals surface area contributed by atoms with E-state index in [1.54, 1.807) is 41.8 Å². The molecule has 2 aromatic heterocycles. The van der Waals surface area contributed by atoms with Gasteiger partial charge in [-0.15, -0.1) is 0 Å². The summed E-state index contributed by atoms with van der Waals surface area (Å²) in [7, 11) is 3.77. The number of hydrogen-bond acceptors (Lipinski definition) is 6. The monoisotopic (exact) mass is 420 g/mol. The molecule has 1 aliphatic heterocycles. The molecule has 4 rings (SSSR count). The van der Waals surface area contributed by atoms with E-state index in [4.69, 9.17) is 0 Å². The Morgan fingerprint density at radius 3 is 2.52 bits per heavy atom. The van der Waals surface area contributed by atoms with E-state index in [2.05, 4.69) is 4.98 Å². The first-order chi connectivity index (χ1) is 14.8. The molecule has 0 radical (unpaired) electrons. The zero-order valence-corrected chi connectivity index (χ0v) is 17.6. The lowest BCUT2D eigenvalue weighted by Crippen LogP contribution is -2.35. The zero-order chi connectivity index (χ0) is 22.3. The largest absolute Gasteiger partial charge is 0.508 e. The molecule has 1 aromatic carbocycles. The van der Waals surface area contributed by atoms with Crippen molar-refractivity contribution in [2.75, 3.05) is 27.2 Å². The Balaban J connectivity index is 1.92. The molecule has 0 bridgehead atoms. The molecule has 1 saturated heterocycles. The number of aromatic hydroxyl groups is 1. The average Bonchev–Trinajstić information content (AvgIpc) is 3.20. The molecule has 3 aromatic rings. The number of benzene rings is 1. The first kappa shape index (κ1) is 20.6. The van der Waals surface area contributed by atoms with Crippen molar-refractivity contribution >= 4 is 23.1 Å². The van der Waals surface area contributed by atoms with Gasteiger partial charge in [0.2, 0.25) is 0 Å². The highest BCUT2D eigenvalue weighted by atomic mass is 16.3. The summed E-state index contributed by atoms with van der Waals surface area (Å²) in [4.78, 5) is 33.9. The Labute approximate surface area is 179 Å². The quantitative estimate of drug-likeness (QED) is 0.374. The number of aliphatic hydroxyl groups excluding tert-OH is 1. The average molecular weight is 420 g/mol. The normalized spacial score (nSPS) is 18.5.